The maximum absolute atomic E-state index is 8.18. The van der Waals surface area contributed by atoms with Crippen molar-refractivity contribution in [3.8, 4) is 6.07 Å². The van der Waals surface area contributed by atoms with Crippen LogP contribution in [0.5, 0.6) is 0 Å². The number of nitriles is 1. The second-order valence-corrected chi connectivity index (χ2v) is 2.13. The molecule has 0 aliphatic heterocycles. The monoisotopic (exact) mass is 127 g/mol. The summed E-state index contributed by atoms with van der Waals surface area (Å²) in [7, 11) is 1.90. The van der Waals surface area contributed by atoms with Crippen molar-refractivity contribution in [1.29, 1.82) is 5.26 Å². The van der Waals surface area contributed by atoms with Crippen LogP contribution in [-0.2, 0) is 0 Å². The first-order chi connectivity index (χ1) is 4.18. The summed E-state index contributed by atoms with van der Waals surface area (Å²) in [5.41, 5.74) is 5.49. The van der Waals surface area contributed by atoms with Crippen molar-refractivity contribution in [1.82, 2.24) is 4.90 Å². The molecule has 0 amide bonds. The second kappa shape index (κ2) is 4.30. The molecule has 0 bridgehead atoms. The van der Waals surface area contributed by atoms with Gasteiger partial charge in [-0.3, -0.25) is 4.90 Å². The van der Waals surface area contributed by atoms with E-state index >= 15 is 0 Å². The van der Waals surface area contributed by atoms with Gasteiger partial charge in [-0.1, -0.05) is 0 Å². The van der Waals surface area contributed by atoms with Crippen LogP contribution in [0.25, 0.3) is 0 Å². The first kappa shape index (κ1) is 8.41. The average molecular weight is 127 g/mol. The quantitative estimate of drug-likeness (QED) is 0.548. The van der Waals surface area contributed by atoms with Gasteiger partial charge in [-0.25, -0.2) is 0 Å². The molecular weight excluding hydrogens is 114 g/mol. The Bertz CT molecular complexity index is 103. The van der Waals surface area contributed by atoms with Gasteiger partial charge in [0.15, 0.2) is 0 Å². The number of nitrogens with two attached hydrogens (primary N) is 1. The molecule has 0 aromatic carbocycles. The van der Waals surface area contributed by atoms with Gasteiger partial charge in [0.05, 0.1) is 12.2 Å². The molecule has 0 aliphatic carbocycles. The first-order valence-corrected chi connectivity index (χ1v) is 3.01. The van der Waals surface area contributed by atoms with E-state index in [4.69, 9.17) is 11.0 Å². The van der Waals surface area contributed by atoms with E-state index in [1.54, 1.807) is 0 Å². The van der Waals surface area contributed by atoms with E-state index in [-0.39, 0.29) is 6.17 Å². The third-order valence-electron chi connectivity index (χ3n) is 1.27. The molecule has 0 aromatic heterocycles. The molecule has 0 saturated heterocycles. The van der Waals surface area contributed by atoms with Gasteiger partial charge in [-0.2, -0.15) is 5.26 Å². The molecule has 0 aromatic rings. The van der Waals surface area contributed by atoms with E-state index in [0.29, 0.717) is 6.42 Å². The first-order valence-electron chi connectivity index (χ1n) is 3.01. The van der Waals surface area contributed by atoms with Crippen LogP contribution in [0.3, 0.4) is 0 Å². The Balaban J connectivity index is 3.29. The molecule has 0 fully saturated rings. The molecule has 0 spiro atoms. The predicted octanol–water partition coefficient (Wildman–Crippen LogP) is 0.137. The third-order valence-corrected chi connectivity index (χ3v) is 1.27. The largest absolute Gasteiger partial charge is 0.316 e. The minimum absolute atomic E-state index is 0.0540. The van der Waals surface area contributed by atoms with E-state index in [1.165, 1.54) is 0 Å². The zero-order chi connectivity index (χ0) is 7.28. The van der Waals surface area contributed by atoms with E-state index in [9.17, 15) is 0 Å². The smallest absolute Gasteiger partial charge is 0.0635 e. The zero-order valence-electron chi connectivity index (χ0n) is 5.96. The molecule has 2 N–H and O–H groups in total. The summed E-state index contributed by atoms with van der Waals surface area (Å²) in [6.07, 6.45) is 0.608. The van der Waals surface area contributed by atoms with Gasteiger partial charge in [0.1, 0.15) is 0 Å². The van der Waals surface area contributed by atoms with Crippen molar-refractivity contribution in [3.63, 3.8) is 0 Å². The molecule has 1 unspecified atom stereocenters. The van der Waals surface area contributed by atoms with Crippen LogP contribution in [0.15, 0.2) is 0 Å². The van der Waals surface area contributed by atoms with Gasteiger partial charge in [-0.15, -0.1) is 0 Å². The van der Waals surface area contributed by atoms with Crippen molar-refractivity contribution >= 4 is 0 Å². The summed E-state index contributed by atoms with van der Waals surface area (Å²) in [5, 5.41) is 8.18. The topological polar surface area (TPSA) is 53.0 Å². The highest BCUT2D eigenvalue weighted by Crippen LogP contribution is 1.88. The van der Waals surface area contributed by atoms with Gasteiger partial charge in [0.25, 0.3) is 0 Å². The van der Waals surface area contributed by atoms with E-state index in [1.807, 2.05) is 18.9 Å². The lowest BCUT2D eigenvalue weighted by atomic mass is 10.4. The van der Waals surface area contributed by atoms with Crippen molar-refractivity contribution < 1.29 is 0 Å². The SMILES string of the molecule is CC(N)N(C)CCC#N. The summed E-state index contributed by atoms with van der Waals surface area (Å²) in [6, 6.07) is 2.06. The molecule has 1 atom stereocenters. The normalized spacial score (nSPS) is 13.2. The predicted molar refractivity (Wildman–Crippen MR) is 36.5 cm³/mol. The Labute approximate surface area is 56.1 Å². The lowest BCUT2D eigenvalue weighted by Gasteiger charge is -2.18. The van der Waals surface area contributed by atoms with Gasteiger partial charge in [0, 0.05) is 13.0 Å². The van der Waals surface area contributed by atoms with Gasteiger partial charge in [0.2, 0.25) is 0 Å². The number of nitrogens with zero attached hydrogens (tertiary/aromatic N) is 2. The second-order valence-electron chi connectivity index (χ2n) is 2.13. The van der Waals surface area contributed by atoms with Crippen LogP contribution in [0.4, 0.5) is 0 Å². The van der Waals surface area contributed by atoms with Crippen molar-refractivity contribution in [2.75, 3.05) is 13.6 Å². The molecule has 3 nitrogen and oxygen atoms in total. The van der Waals surface area contributed by atoms with E-state index < -0.39 is 0 Å². The summed E-state index contributed by atoms with van der Waals surface area (Å²) in [4.78, 5) is 1.93. The molecule has 0 radical (unpaired) electrons. The molecule has 52 valence electrons. The molecule has 0 aliphatic rings. The molecule has 0 rings (SSSR count). The number of hydrogen-bond donors (Lipinski definition) is 1. The molecular formula is C6H13N3. The van der Waals surface area contributed by atoms with Crippen LogP contribution in [-0.4, -0.2) is 24.7 Å². The van der Waals surface area contributed by atoms with Crippen LogP contribution < -0.4 is 5.73 Å². The highest BCUT2D eigenvalue weighted by molar-refractivity contribution is 4.71. The van der Waals surface area contributed by atoms with Gasteiger partial charge in [-0.05, 0) is 14.0 Å². The average Bonchev–Trinajstić information content (AvgIpc) is 1.82. The van der Waals surface area contributed by atoms with E-state index in [0.717, 1.165) is 6.54 Å². The minimum atomic E-state index is 0.0540. The number of rotatable bonds is 3. The van der Waals surface area contributed by atoms with Crippen LogP contribution >= 0.6 is 0 Å². The van der Waals surface area contributed by atoms with Gasteiger partial charge >= 0.3 is 0 Å². The van der Waals surface area contributed by atoms with Crippen molar-refractivity contribution in [2.24, 2.45) is 5.73 Å². The summed E-state index contributed by atoms with van der Waals surface area (Å²) < 4.78 is 0. The van der Waals surface area contributed by atoms with Crippen molar-refractivity contribution in [3.05, 3.63) is 0 Å². The fourth-order valence-electron chi connectivity index (χ4n) is 0.430. The fourth-order valence-corrected chi connectivity index (χ4v) is 0.430. The zero-order valence-corrected chi connectivity index (χ0v) is 5.96. The van der Waals surface area contributed by atoms with Crippen LogP contribution in [0.2, 0.25) is 0 Å². The maximum Gasteiger partial charge on any atom is 0.0635 e. The van der Waals surface area contributed by atoms with Crippen molar-refractivity contribution in [2.45, 2.75) is 19.5 Å². The molecule has 0 heterocycles. The summed E-state index contributed by atoms with van der Waals surface area (Å²) in [5.74, 6) is 0. The Hall–Kier alpha value is -0.590. The Morgan fingerprint density at radius 2 is 2.33 bits per heavy atom. The summed E-state index contributed by atoms with van der Waals surface area (Å²) >= 11 is 0. The Morgan fingerprint density at radius 3 is 2.67 bits per heavy atom. The number of hydrogen-bond acceptors (Lipinski definition) is 3. The Kier molecular flexibility index (Phi) is 4.02. The van der Waals surface area contributed by atoms with Gasteiger partial charge < -0.3 is 5.73 Å². The molecule has 9 heavy (non-hydrogen) atoms. The molecule has 0 saturated carbocycles. The third kappa shape index (κ3) is 3.95. The lowest BCUT2D eigenvalue weighted by Crippen LogP contribution is -2.36. The van der Waals surface area contributed by atoms with E-state index in [2.05, 4.69) is 6.07 Å². The maximum atomic E-state index is 8.18. The molecule has 3 heteroatoms. The lowest BCUT2D eigenvalue weighted by molar-refractivity contribution is 0.269. The highest BCUT2D eigenvalue weighted by atomic mass is 15.2. The summed E-state index contributed by atoms with van der Waals surface area (Å²) in [6.45, 7) is 2.66. The highest BCUT2D eigenvalue weighted by Gasteiger charge is 2.00. The fraction of sp³-hybridized carbons (Fsp3) is 0.833. The minimum Gasteiger partial charge on any atom is -0.316 e. The standard InChI is InChI=1S/C6H13N3/c1-6(8)9(2)5-3-4-7/h6H,3,5,8H2,1-2H3. The Morgan fingerprint density at radius 1 is 1.78 bits per heavy atom. The van der Waals surface area contributed by atoms with Crippen LogP contribution in [0.1, 0.15) is 13.3 Å². The van der Waals surface area contributed by atoms with Crippen LogP contribution in [0, 0.1) is 11.3 Å².